The first kappa shape index (κ1) is 27.7. The van der Waals surface area contributed by atoms with Crippen molar-refractivity contribution >= 4 is 55.6 Å². The van der Waals surface area contributed by atoms with Crippen LogP contribution < -0.4 is 16.1 Å². The Kier molecular flexibility index (Phi) is 8.59. The van der Waals surface area contributed by atoms with Gasteiger partial charge in [0.05, 0.1) is 20.7 Å². The zero-order chi connectivity index (χ0) is 27.3. The van der Waals surface area contributed by atoms with Crippen molar-refractivity contribution in [3.63, 3.8) is 0 Å². The molecule has 0 aliphatic heterocycles. The Morgan fingerprint density at radius 3 is 2.35 bits per heavy atom. The zero-order valence-corrected chi connectivity index (χ0v) is 22.9. The number of carbonyl (C=O) groups is 1. The number of nitrogen functional groups attached to an aromatic ring is 1. The van der Waals surface area contributed by atoms with E-state index >= 15 is 0 Å². The second-order valence-corrected chi connectivity index (χ2v) is 11.4. The summed E-state index contributed by atoms with van der Waals surface area (Å²) < 4.78 is 27.5. The van der Waals surface area contributed by atoms with Crippen LogP contribution in [0.25, 0.3) is 20.8 Å². The first-order valence-corrected chi connectivity index (χ1v) is 14.2. The number of nitrogens with two attached hydrogens (primary N) is 1. The van der Waals surface area contributed by atoms with Crippen LogP contribution in [-0.2, 0) is 14.8 Å². The van der Waals surface area contributed by atoms with Gasteiger partial charge in [-0.2, -0.15) is 18.4 Å². The Bertz CT molecular complexity index is 1620. The third kappa shape index (κ3) is 5.93. The average Bonchev–Trinajstić information content (AvgIpc) is 3.30. The summed E-state index contributed by atoms with van der Waals surface area (Å²) in [4.78, 5) is 31.0. The number of anilines is 1. The second-order valence-electron chi connectivity index (χ2n) is 7.88. The number of aryl methyl sites for hydroxylation is 1. The van der Waals surface area contributed by atoms with E-state index in [4.69, 9.17) is 5.73 Å². The average molecular weight is 557 g/mol. The monoisotopic (exact) mass is 556 g/mol. The van der Waals surface area contributed by atoms with Gasteiger partial charge in [-0.25, -0.2) is 9.82 Å². The maximum atomic E-state index is 13.0. The van der Waals surface area contributed by atoms with Gasteiger partial charge < -0.3 is 10.6 Å². The van der Waals surface area contributed by atoms with Crippen LogP contribution in [0, 0.1) is 18.3 Å². The lowest BCUT2D eigenvalue weighted by molar-refractivity contribution is -0.115. The predicted molar refractivity (Wildman–Crippen MR) is 148 cm³/mol. The van der Waals surface area contributed by atoms with Gasteiger partial charge in [0.15, 0.2) is 0 Å². The molecule has 0 unspecified atom stereocenters. The molecule has 192 valence electrons. The number of nitrogens with zero attached hydrogens (tertiary/aromatic N) is 4. The van der Waals surface area contributed by atoms with Crippen molar-refractivity contribution in [3.05, 3.63) is 70.0 Å². The first-order valence-electron chi connectivity index (χ1n) is 10.6. The number of thioether (sulfide) groups is 1. The molecule has 0 fully saturated rings. The van der Waals surface area contributed by atoms with Gasteiger partial charge in [0, 0.05) is 19.0 Å². The van der Waals surface area contributed by atoms with Crippen LogP contribution in [0.3, 0.4) is 0 Å². The number of benzene rings is 2. The van der Waals surface area contributed by atoms with Crippen LogP contribution in [0.5, 0.6) is 0 Å². The van der Waals surface area contributed by atoms with Crippen LogP contribution in [0.1, 0.15) is 11.1 Å². The molecule has 0 aliphatic carbocycles. The quantitative estimate of drug-likeness (QED) is 0.271. The van der Waals surface area contributed by atoms with Crippen molar-refractivity contribution in [1.82, 2.24) is 14.6 Å². The van der Waals surface area contributed by atoms with E-state index < -0.39 is 15.6 Å². The number of fused-ring (bicyclic) bond motifs is 1. The summed E-state index contributed by atoms with van der Waals surface area (Å²) in [6.07, 6.45) is 2.46. The van der Waals surface area contributed by atoms with Crippen LogP contribution in [0.4, 0.5) is 5.82 Å². The maximum Gasteiger partial charge on any atom is 0.290 e. The summed E-state index contributed by atoms with van der Waals surface area (Å²) in [6.45, 7) is 1.83. The molecule has 0 spiro atoms. The van der Waals surface area contributed by atoms with Crippen molar-refractivity contribution < 1.29 is 13.2 Å². The topological polar surface area (TPSA) is 151 Å². The lowest BCUT2D eigenvalue weighted by atomic mass is 10.2. The highest BCUT2D eigenvalue weighted by Gasteiger charge is 2.26. The van der Waals surface area contributed by atoms with Gasteiger partial charge in [-0.15, -0.1) is 23.1 Å². The van der Waals surface area contributed by atoms with Gasteiger partial charge in [0.25, 0.3) is 15.6 Å². The lowest BCUT2D eigenvalue weighted by Gasteiger charge is -2.18. The van der Waals surface area contributed by atoms with Crippen molar-refractivity contribution in [2.24, 2.45) is 0 Å². The van der Waals surface area contributed by atoms with E-state index in [1.165, 1.54) is 40.1 Å². The largest absolute Gasteiger partial charge is 0.383 e. The molecule has 13 heteroatoms. The lowest BCUT2D eigenvalue weighted by Crippen LogP contribution is -2.37. The summed E-state index contributed by atoms with van der Waals surface area (Å²) in [7, 11) is -0.768. The van der Waals surface area contributed by atoms with Crippen molar-refractivity contribution in [2.75, 3.05) is 30.9 Å². The Morgan fingerprint density at radius 2 is 1.81 bits per heavy atom. The molecule has 2 heterocycles. The summed E-state index contributed by atoms with van der Waals surface area (Å²) in [5.41, 5.74) is 7.21. The molecule has 3 N–H and O–H groups in total. The highest BCUT2D eigenvalue weighted by atomic mass is 32.2. The van der Waals surface area contributed by atoms with E-state index in [1.807, 2.05) is 37.3 Å². The summed E-state index contributed by atoms with van der Waals surface area (Å²) in [6, 6.07) is 15.5. The van der Waals surface area contributed by atoms with Crippen molar-refractivity contribution in [3.8, 4) is 16.6 Å². The number of para-hydroxylation sites is 1. The highest BCUT2D eigenvalue weighted by molar-refractivity contribution is 7.98. The summed E-state index contributed by atoms with van der Waals surface area (Å²) in [5, 5.41) is 10.2. The molecule has 0 saturated carbocycles. The van der Waals surface area contributed by atoms with Crippen molar-refractivity contribution in [2.45, 2.75) is 16.7 Å². The van der Waals surface area contributed by atoms with E-state index in [0.717, 1.165) is 22.2 Å². The number of thiazole rings is 1. The molecular formula is C24H24N6O4S3. The van der Waals surface area contributed by atoms with Gasteiger partial charge in [-0.05, 0) is 37.4 Å². The zero-order valence-electron chi connectivity index (χ0n) is 20.4. The van der Waals surface area contributed by atoms with Crippen LogP contribution in [0.2, 0.25) is 0 Å². The SMILES string of the molecule is CN(C)C=O.CSc1c(-c2nc3ccccc3s2)c(N)n(NS(=O)(=O)c2ccc(C)cc2)c(=O)c1C#N. The van der Waals surface area contributed by atoms with Crippen molar-refractivity contribution in [1.29, 1.82) is 5.26 Å². The highest BCUT2D eigenvalue weighted by Crippen LogP contribution is 2.39. The normalized spacial score (nSPS) is 10.8. The first-order chi connectivity index (χ1) is 17.5. The minimum Gasteiger partial charge on any atom is -0.383 e. The minimum atomic E-state index is -4.14. The fourth-order valence-corrected chi connectivity index (χ4v) is 6.00. The molecule has 10 nitrogen and oxygen atoms in total. The molecule has 0 radical (unpaired) electrons. The number of nitriles is 1. The molecular weight excluding hydrogens is 533 g/mol. The van der Waals surface area contributed by atoms with Crippen LogP contribution in [0.15, 0.2) is 63.1 Å². The molecule has 0 saturated heterocycles. The van der Waals surface area contributed by atoms with Gasteiger partial charge >= 0.3 is 0 Å². The fourth-order valence-electron chi connectivity index (χ4n) is 3.14. The molecule has 1 amide bonds. The molecule has 2 aromatic heterocycles. The number of hydrogen-bond donors (Lipinski definition) is 2. The summed E-state index contributed by atoms with van der Waals surface area (Å²) >= 11 is 2.52. The number of aromatic nitrogens is 2. The fraction of sp³-hybridized carbons (Fsp3) is 0.167. The smallest absolute Gasteiger partial charge is 0.290 e. The van der Waals surface area contributed by atoms with Crippen LogP contribution in [-0.4, -0.2) is 49.7 Å². The second kappa shape index (κ2) is 11.5. The van der Waals surface area contributed by atoms with Gasteiger partial charge in [-0.1, -0.05) is 29.8 Å². The van der Waals surface area contributed by atoms with E-state index in [0.29, 0.717) is 20.1 Å². The third-order valence-electron chi connectivity index (χ3n) is 4.95. The molecule has 0 bridgehead atoms. The van der Waals surface area contributed by atoms with E-state index in [2.05, 4.69) is 9.82 Å². The number of sulfonamides is 1. The van der Waals surface area contributed by atoms with Crippen LogP contribution >= 0.6 is 23.1 Å². The molecule has 37 heavy (non-hydrogen) atoms. The Balaban J connectivity index is 0.000000695. The number of hydrogen-bond acceptors (Lipinski definition) is 9. The Morgan fingerprint density at radius 1 is 1.19 bits per heavy atom. The number of carbonyl (C=O) groups excluding carboxylic acids is 1. The predicted octanol–water partition coefficient (Wildman–Crippen LogP) is 3.25. The molecule has 4 rings (SSSR count). The van der Waals surface area contributed by atoms with Gasteiger partial charge in [-0.3, -0.25) is 9.59 Å². The van der Waals surface area contributed by atoms with E-state index in [-0.39, 0.29) is 16.3 Å². The third-order valence-corrected chi connectivity index (χ3v) is 8.13. The molecule has 0 aliphatic rings. The van der Waals surface area contributed by atoms with E-state index in [1.54, 1.807) is 32.5 Å². The number of pyridine rings is 1. The Hall–Kier alpha value is -3.86. The van der Waals surface area contributed by atoms with Gasteiger partial charge in [0.1, 0.15) is 22.5 Å². The number of amides is 1. The Labute approximate surface area is 222 Å². The molecule has 2 aromatic carbocycles. The maximum absolute atomic E-state index is 13.0. The standard InChI is InChI=1S/C21H17N5O3S3.C3H7NO/c1-12-7-9-13(10-8-12)32(28,29)25-26-19(23)17(18(30-2)14(11-22)21(26)27)20-24-15-5-3-4-6-16(15)31-20;1-4(2)3-5/h3-10,25H,23H2,1-2H3;3H,1-2H3. The van der Waals surface area contributed by atoms with Gasteiger partial charge in [0.2, 0.25) is 6.41 Å². The molecule has 0 atom stereocenters. The number of rotatable bonds is 6. The minimum absolute atomic E-state index is 0.0385. The summed E-state index contributed by atoms with van der Waals surface area (Å²) in [5.74, 6) is -0.145. The van der Waals surface area contributed by atoms with E-state index in [9.17, 15) is 23.3 Å². The molecule has 4 aromatic rings. The number of nitrogens with one attached hydrogen (secondary N) is 1.